The minimum atomic E-state index is 0.336. The smallest absolute Gasteiger partial charge is 0.0474 e. The van der Waals surface area contributed by atoms with E-state index in [-0.39, 0.29) is 0 Å². The summed E-state index contributed by atoms with van der Waals surface area (Å²) in [5.41, 5.74) is 2.75. The molecule has 0 bridgehead atoms. The van der Waals surface area contributed by atoms with Crippen molar-refractivity contribution < 1.29 is 5.11 Å². The zero-order valence-electron chi connectivity index (χ0n) is 11.8. The summed E-state index contributed by atoms with van der Waals surface area (Å²) in [6.07, 6.45) is 6.36. The first-order valence-corrected chi connectivity index (χ1v) is 7.71. The minimum Gasteiger partial charge on any atom is -0.396 e. The third-order valence-electron chi connectivity index (χ3n) is 4.82. The number of rotatable bonds is 5. The first-order chi connectivity index (χ1) is 9.28. The van der Waals surface area contributed by atoms with Crippen LogP contribution in [0.5, 0.6) is 0 Å². The van der Waals surface area contributed by atoms with E-state index in [1.807, 2.05) is 0 Å². The highest BCUT2D eigenvalue weighted by atomic mass is 16.3. The number of hydrogen-bond donors (Lipinski definition) is 2. The second-order valence-electron chi connectivity index (χ2n) is 6.37. The van der Waals surface area contributed by atoms with Crippen molar-refractivity contribution in [2.45, 2.75) is 51.1 Å². The van der Waals surface area contributed by atoms with Gasteiger partial charge >= 0.3 is 0 Å². The van der Waals surface area contributed by atoms with E-state index in [1.54, 1.807) is 0 Å². The molecule has 104 valence electrons. The van der Waals surface area contributed by atoms with Gasteiger partial charge in [-0.05, 0) is 50.0 Å². The van der Waals surface area contributed by atoms with Crippen LogP contribution >= 0.6 is 0 Å². The summed E-state index contributed by atoms with van der Waals surface area (Å²) in [6, 6.07) is 9.98. The van der Waals surface area contributed by atoms with Crippen molar-refractivity contribution in [2.24, 2.45) is 11.8 Å². The van der Waals surface area contributed by atoms with Gasteiger partial charge in [0, 0.05) is 18.7 Å². The first-order valence-electron chi connectivity index (χ1n) is 7.71. The SMILES string of the molecule is Cc1ccc(C(NC2CCCC2CO)C2CC2)cc1. The van der Waals surface area contributed by atoms with Gasteiger partial charge in [-0.1, -0.05) is 36.2 Å². The number of aliphatic hydroxyl groups excluding tert-OH is 1. The molecule has 0 aromatic heterocycles. The van der Waals surface area contributed by atoms with E-state index in [0.29, 0.717) is 24.6 Å². The molecule has 2 heteroatoms. The van der Waals surface area contributed by atoms with Crippen molar-refractivity contribution in [1.82, 2.24) is 5.32 Å². The van der Waals surface area contributed by atoms with Crippen LogP contribution < -0.4 is 5.32 Å². The van der Waals surface area contributed by atoms with Crippen LogP contribution in [-0.2, 0) is 0 Å². The lowest BCUT2D eigenvalue weighted by atomic mass is 9.97. The van der Waals surface area contributed by atoms with Gasteiger partial charge in [0.25, 0.3) is 0 Å². The first kappa shape index (κ1) is 13.1. The Bertz CT molecular complexity index is 410. The van der Waals surface area contributed by atoms with Crippen LogP contribution in [0.15, 0.2) is 24.3 Å². The van der Waals surface area contributed by atoms with Gasteiger partial charge in [-0.3, -0.25) is 0 Å². The van der Waals surface area contributed by atoms with E-state index in [2.05, 4.69) is 36.5 Å². The molecule has 1 aromatic carbocycles. The Balaban J connectivity index is 1.72. The Labute approximate surface area is 116 Å². The molecule has 3 rings (SSSR count). The average Bonchev–Trinajstić information content (AvgIpc) is 3.17. The molecule has 2 saturated carbocycles. The van der Waals surface area contributed by atoms with Crippen molar-refractivity contribution in [3.05, 3.63) is 35.4 Å². The Morgan fingerprint density at radius 3 is 2.53 bits per heavy atom. The van der Waals surface area contributed by atoms with Crippen LogP contribution in [0, 0.1) is 18.8 Å². The van der Waals surface area contributed by atoms with Crippen LogP contribution in [0.2, 0.25) is 0 Å². The molecule has 2 aliphatic rings. The molecular weight excluding hydrogens is 234 g/mol. The summed E-state index contributed by atoms with van der Waals surface area (Å²) in [6.45, 7) is 2.48. The third kappa shape index (κ3) is 3.01. The van der Waals surface area contributed by atoms with Crippen LogP contribution in [0.4, 0.5) is 0 Å². The maximum Gasteiger partial charge on any atom is 0.0474 e. The minimum absolute atomic E-state index is 0.336. The van der Waals surface area contributed by atoms with E-state index in [0.717, 1.165) is 5.92 Å². The van der Waals surface area contributed by atoms with Crippen molar-refractivity contribution in [1.29, 1.82) is 0 Å². The molecule has 3 unspecified atom stereocenters. The van der Waals surface area contributed by atoms with Crippen LogP contribution in [-0.4, -0.2) is 17.8 Å². The molecule has 2 fully saturated rings. The van der Waals surface area contributed by atoms with Gasteiger partial charge in [0.1, 0.15) is 0 Å². The van der Waals surface area contributed by atoms with Crippen molar-refractivity contribution in [3.8, 4) is 0 Å². The standard InChI is InChI=1S/C17H25NO/c1-12-5-7-13(8-6-12)17(14-9-10-14)18-16-4-2-3-15(16)11-19/h5-8,14-19H,2-4,9-11H2,1H3. The predicted molar refractivity (Wildman–Crippen MR) is 78.0 cm³/mol. The molecule has 0 aliphatic heterocycles. The molecule has 1 aromatic rings. The van der Waals surface area contributed by atoms with E-state index in [9.17, 15) is 5.11 Å². The van der Waals surface area contributed by atoms with Crippen molar-refractivity contribution in [2.75, 3.05) is 6.61 Å². The number of nitrogens with one attached hydrogen (secondary N) is 1. The second-order valence-corrected chi connectivity index (χ2v) is 6.37. The topological polar surface area (TPSA) is 32.3 Å². The highest BCUT2D eigenvalue weighted by molar-refractivity contribution is 5.25. The normalized spacial score (nSPS) is 28.5. The largest absolute Gasteiger partial charge is 0.396 e. The van der Waals surface area contributed by atoms with Crippen LogP contribution in [0.1, 0.15) is 49.3 Å². The van der Waals surface area contributed by atoms with Gasteiger partial charge in [0.05, 0.1) is 0 Å². The Morgan fingerprint density at radius 2 is 1.89 bits per heavy atom. The summed E-state index contributed by atoms with van der Waals surface area (Å²) >= 11 is 0. The van der Waals surface area contributed by atoms with Gasteiger partial charge in [-0.25, -0.2) is 0 Å². The van der Waals surface area contributed by atoms with E-state index in [4.69, 9.17) is 0 Å². The van der Waals surface area contributed by atoms with Gasteiger partial charge < -0.3 is 10.4 Å². The predicted octanol–water partition coefficient (Wildman–Crippen LogP) is 3.20. The van der Waals surface area contributed by atoms with Crippen LogP contribution in [0.3, 0.4) is 0 Å². The summed E-state index contributed by atoms with van der Waals surface area (Å²) in [4.78, 5) is 0. The van der Waals surface area contributed by atoms with Crippen molar-refractivity contribution >= 4 is 0 Å². The molecular formula is C17H25NO. The number of aryl methyl sites for hydroxylation is 1. The van der Waals surface area contributed by atoms with Gasteiger partial charge in [-0.2, -0.15) is 0 Å². The fourth-order valence-electron chi connectivity index (χ4n) is 3.41. The number of aliphatic hydroxyl groups is 1. The van der Waals surface area contributed by atoms with E-state index in [1.165, 1.54) is 43.2 Å². The molecule has 2 aliphatic carbocycles. The molecule has 2 N–H and O–H groups in total. The van der Waals surface area contributed by atoms with Gasteiger partial charge in [0.15, 0.2) is 0 Å². The maximum atomic E-state index is 9.47. The molecule has 19 heavy (non-hydrogen) atoms. The van der Waals surface area contributed by atoms with E-state index >= 15 is 0 Å². The molecule has 3 atom stereocenters. The molecule has 0 radical (unpaired) electrons. The summed E-state index contributed by atoms with van der Waals surface area (Å²) in [5, 5.41) is 13.3. The quantitative estimate of drug-likeness (QED) is 0.851. The zero-order valence-corrected chi connectivity index (χ0v) is 11.8. The number of hydrogen-bond acceptors (Lipinski definition) is 2. The Morgan fingerprint density at radius 1 is 1.16 bits per heavy atom. The fraction of sp³-hybridized carbons (Fsp3) is 0.647. The molecule has 0 saturated heterocycles. The highest BCUT2D eigenvalue weighted by Crippen LogP contribution is 2.42. The molecule has 0 amide bonds. The average molecular weight is 259 g/mol. The zero-order chi connectivity index (χ0) is 13.2. The monoisotopic (exact) mass is 259 g/mol. The molecule has 0 heterocycles. The lowest BCUT2D eigenvalue weighted by Crippen LogP contribution is -2.37. The lowest BCUT2D eigenvalue weighted by molar-refractivity contribution is 0.197. The molecule has 0 spiro atoms. The van der Waals surface area contributed by atoms with Crippen molar-refractivity contribution in [3.63, 3.8) is 0 Å². The number of benzene rings is 1. The summed E-state index contributed by atoms with van der Waals surface area (Å²) in [7, 11) is 0. The Hall–Kier alpha value is -0.860. The fourth-order valence-corrected chi connectivity index (χ4v) is 3.41. The summed E-state index contributed by atoms with van der Waals surface area (Å²) < 4.78 is 0. The van der Waals surface area contributed by atoms with Crippen LogP contribution in [0.25, 0.3) is 0 Å². The highest BCUT2D eigenvalue weighted by Gasteiger charge is 2.36. The Kier molecular flexibility index (Phi) is 3.90. The summed E-state index contributed by atoms with van der Waals surface area (Å²) in [5.74, 6) is 1.27. The van der Waals surface area contributed by atoms with E-state index < -0.39 is 0 Å². The lowest BCUT2D eigenvalue weighted by Gasteiger charge is -2.27. The third-order valence-corrected chi connectivity index (χ3v) is 4.82. The molecule has 2 nitrogen and oxygen atoms in total. The maximum absolute atomic E-state index is 9.47. The van der Waals surface area contributed by atoms with Gasteiger partial charge in [0.2, 0.25) is 0 Å². The van der Waals surface area contributed by atoms with Gasteiger partial charge in [-0.15, -0.1) is 0 Å². The second kappa shape index (κ2) is 5.64.